The van der Waals surface area contributed by atoms with Crippen molar-refractivity contribution < 1.29 is 116 Å². The Hall–Kier alpha value is -4.73. The summed E-state index contributed by atoms with van der Waals surface area (Å²) in [5, 5.41) is 65.1. The second-order valence-electron chi connectivity index (χ2n) is 34.1. The molecule has 806 valence electrons. The fraction of sp³-hybridized carbons (Fsp3) is 0.882. The summed E-state index contributed by atoms with van der Waals surface area (Å²) in [6.45, 7) is 98.7. The van der Waals surface area contributed by atoms with E-state index in [-0.39, 0.29) is 125 Å². The van der Waals surface area contributed by atoms with Gasteiger partial charge in [0.05, 0.1) is 66.6 Å². The Kier molecular flexibility index (Phi) is 97.0. The number of hydrogen-bond acceptors (Lipinski definition) is 24. The van der Waals surface area contributed by atoms with Crippen LogP contribution in [0, 0.1) is 107 Å². The van der Waals surface area contributed by atoms with Crippen LogP contribution in [0.25, 0.3) is 0 Å². The Morgan fingerprint density at radius 2 is 0.672 bits per heavy atom. The van der Waals surface area contributed by atoms with Gasteiger partial charge in [-0.1, -0.05) is 312 Å². The SMILES string of the molecule is CC.CC.CC.CC.CC.CC.CC.CC.CC.CC.CC.CC.CC.CC[C@H]1OC(=O)[C@H](C)C(=O)[C@H](C)[C@@H](OC)[C@@H](C)C[C@@H](C)C(=O)/C=C/[C@]1(C)O.CC[C@H]1OC(=O)[C@H](C)[C@@H](C)[C@H](C)[C@@H](OC)[C@](C)(O)C[C@@H](C)C(=O)[C@H](C)[C@@H](O)[C@]1(C)O.CC[C@H]1OC(=O)[C@H](C)[C@@H](OC)[C@@H](C)C[C@@H](C)C(=O)/C=C/[C@]1(C)O.CO[C@@H]1[C@@H](C)[C@H](C)[C@@H](C)C(=O)O[C@H](C)[C@H](C)[C@H](O)[C@@H](C)C(=O)[C@]2(CO2)C[C@@H]1C. The highest BCUT2D eigenvalue weighted by Gasteiger charge is 2.57. The van der Waals surface area contributed by atoms with Gasteiger partial charge in [-0.15, -0.1) is 0 Å². The fourth-order valence-corrected chi connectivity index (χ4v) is 16.7. The zero-order chi connectivity index (χ0) is 110. The Bertz CT molecular complexity index is 2990. The highest BCUT2D eigenvalue weighted by Crippen LogP contribution is 2.44. The smallest absolute Gasteiger partial charge is 0.316 e. The van der Waals surface area contributed by atoms with Crippen LogP contribution in [0.2, 0.25) is 0 Å². The number of epoxide rings is 1. The maximum atomic E-state index is 13.1. The maximum absolute atomic E-state index is 13.1. The minimum atomic E-state index is -1.80. The topological polar surface area (TPSA) is 361 Å². The van der Waals surface area contributed by atoms with Gasteiger partial charge >= 0.3 is 23.9 Å². The van der Waals surface area contributed by atoms with Crippen LogP contribution in [-0.2, 0) is 85.8 Å². The van der Waals surface area contributed by atoms with Crippen LogP contribution >= 0.6 is 0 Å². The number of esters is 4. The molecule has 0 aromatic rings. The van der Waals surface area contributed by atoms with Gasteiger partial charge in [0, 0.05) is 69.9 Å². The first-order valence-corrected chi connectivity index (χ1v) is 52.6. The number of ether oxygens (including phenoxy) is 9. The Morgan fingerprint density at radius 3 is 1.01 bits per heavy atom. The first-order valence-electron chi connectivity index (χ1n) is 52.6. The number of carbonyl (C=O) groups excluding carboxylic acids is 9. The zero-order valence-corrected chi connectivity index (χ0v) is 97.2. The lowest BCUT2D eigenvalue weighted by Crippen LogP contribution is -2.56. The molecule has 0 unspecified atom stereocenters. The maximum Gasteiger partial charge on any atom is 0.316 e. The molecule has 5 aliphatic heterocycles. The number of ketones is 5. The average Bonchev–Trinajstić information content (AvgIpc) is 1.61. The van der Waals surface area contributed by atoms with Crippen molar-refractivity contribution in [2.45, 2.75) is 494 Å². The van der Waals surface area contributed by atoms with Gasteiger partial charge in [-0.3, -0.25) is 43.2 Å². The molecule has 6 N–H and O–H groups in total. The third-order valence-corrected chi connectivity index (χ3v) is 25.2. The molecule has 0 radical (unpaired) electrons. The highest BCUT2D eigenvalue weighted by atomic mass is 16.6. The average molecular weight is 1930 g/mol. The fourth-order valence-electron chi connectivity index (χ4n) is 16.7. The lowest BCUT2D eigenvalue weighted by atomic mass is 9.72. The molecule has 1 spiro atoms. The molecule has 0 saturated carbocycles. The number of rotatable bonds is 7. The molecule has 5 heterocycles. The van der Waals surface area contributed by atoms with Crippen LogP contribution in [-0.4, -0.2) is 208 Å². The van der Waals surface area contributed by atoms with E-state index in [2.05, 4.69) is 13.8 Å². The number of carbonyl (C=O) groups is 9. The summed E-state index contributed by atoms with van der Waals surface area (Å²) < 4.78 is 50.4. The van der Waals surface area contributed by atoms with Crippen molar-refractivity contribution in [2.75, 3.05) is 35.0 Å². The first kappa shape index (κ1) is 155. The lowest BCUT2D eigenvalue weighted by Gasteiger charge is -2.43. The lowest BCUT2D eigenvalue weighted by molar-refractivity contribution is -0.193. The number of cyclic esters (lactones) is 4. The monoisotopic (exact) mass is 1930 g/mol. The van der Waals surface area contributed by atoms with Gasteiger partial charge in [-0.2, -0.15) is 0 Å². The van der Waals surface area contributed by atoms with Gasteiger partial charge in [0.25, 0.3) is 0 Å². The van der Waals surface area contributed by atoms with Gasteiger partial charge < -0.3 is 73.3 Å². The van der Waals surface area contributed by atoms with Crippen molar-refractivity contribution >= 4 is 52.8 Å². The van der Waals surface area contributed by atoms with Crippen molar-refractivity contribution in [1.82, 2.24) is 0 Å². The van der Waals surface area contributed by atoms with E-state index in [0.29, 0.717) is 45.1 Å². The Labute approximate surface area is 824 Å². The van der Waals surface area contributed by atoms with Crippen LogP contribution in [0.4, 0.5) is 0 Å². The molecule has 5 aliphatic rings. The Balaban J connectivity index is -0.000000137. The van der Waals surface area contributed by atoms with Crippen molar-refractivity contribution in [1.29, 1.82) is 0 Å². The third kappa shape index (κ3) is 50.6. The summed E-state index contributed by atoms with van der Waals surface area (Å²) in [7, 11) is 6.29. The molecule has 134 heavy (non-hydrogen) atoms. The van der Waals surface area contributed by atoms with Crippen molar-refractivity contribution in [3.63, 3.8) is 0 Å². The van der Waals surface area contributed by atoms with Gasteiger partial charge in [-0.25, -0.2) is 0 Å². The second kappa shape index (κ2) is 84.0. The standard InChI is InChI=1S/C23H42O7.C22H38O6.C21H34O6.C18H30O5.13C2H6/c1-10-17-23(8,28)19(25)16(6)18(24)12(2)11-22(7,27)20(29-9)14(4)13(3)15(5)21(26)30-17;1-11-9-22(10-27-22)20(24)16(6)18(23)15(5)17(7)28-21(25)14(4)12(2)13(3)19(11)26-8;1-8-17-21(6,25)10-9-16(22)12(2)11-13(3)19(26-7)14(4)18(23)15(5)20(24)27-17;1-7-15-18(5,21)9-8-14(19)11(2)10-12(3)16(22-6)13(4)17(20)23-15;13*1-2/h12-17,19-20,25,27-28H,10-11H2,1-9H3;11-19,23H,9-10H2,1-8H3;9-10,12-15,17,19,25H,8,11H2,1-7H3;8-9,11-13,15-16,21H,7,10H2,1-6H3;13*1-2H3/b;;10-9+;9-8+;;;;;;;;;;;;;/t12-,13+,14+,15-,16+,17-,19-,20-,22-,23-;11-,12-,13-,14+,15-,16+,17+,18-,19-,22+;12-,13+,14+,15-,17-,19+,21+;11-,12+,13-,15-,16+,18+;;;;;;;;;;;;;/m1011............./s1. The normalized spacial score (nSPS) is 36.8. The molecule has 0 aromatic heterocycles. The molecule has 5 rings (SSSR count). The summed E-state index contributed by atoms with van der Waals surface area (Å²) in [6, 6.07) is 0. The second-order valence-corrected chi connectivity index (χ2v) is 34.1. The van der Waals surface area contributed by atoms with Crippen molar-refractivity contribution in [3.8, 4) is 0 Å². The first-order chi connectivity index (χ1) is 62.7. The Morgan fingerprint density at radius 1 is 0.351 bits per heavy atom. The van der Waals surface area contributed by atoms with Gasteiger partial charge in [0.2, 0.25) is 0 Å². The largest absolute Gasteiger partial charge is 0.462 e. The number of aliphatic hydroxyl groups is 6. The van der Waals surface area contributed by atoms with E-state index in [1.165, 1.54) is 59.3 Å². The van der Waals surface area contributed by atoms with Crippen LogP contribution < -0.4 is 0 Å². The molecular formula is C110H222O24. The van der Waals surface area contributed by atoms with Crippen LogP contribution in [0.3, 0.4) is 0 Å². The number of hydrogen-bond donors (Lipinski definition) is 6. The quantitative estimate of drug-likeness (QED) is 0.0597. The molecule has 3 fully saturated rings. The summed E-state index contributed by atoms with van der Waals surface area (Å²) in [5.41, 5.74) is -6.83. The van der Waals surface area contributed by atoms with Crippen LogP contribution in [0.15, 0.2) is 24.3 Å². The summed E-state index contributed by atoms with van der Waals surface area (Å²) in [5.74, 6) is -8.46. The summed E-state index contributed by atoms with van der Waals surface area (Å²) in [6.07, 6.45) is 1.74. The molecule has 24 nitrogen and oxygen atoms in total. The van der Waals surface area contributed by atoms with Gasteiger partial charge in [-0.05, 0) is 159 Å². The number of allylic oxidation sites excluding steroid dienone is 2. The number of Topliss-reactive ketones (excluding diaryl/α,β-unsaturated/α-hetero) is 3. The van der Waals surface area contributed by atoms with Gasteiger partial charge in [0.15, 0.2) is 28.7 Å². The van der Waals surface area contributed by atoms with Crippen molar-refractivity contribution in [3.05, 3.63) is 24.3 Å². The van der Waals surface area contributed by atoms with E-state index in [0.717, 1.165) is 0 Å². The molecule has 24 heteroatoms. The minimum Gasteiger partial charge on any atom is -0.462 e. The molecule has 33 atom stereocenters. The zero-order valence-electron chi connectivity index (χ0n) is 97.2. The van der Waals surface area contributed by atoms with Crippen LogP contribution in [0.1, 0.15) is 405 Å². The molecule has 0 aromatic carbocycles. The van der Waals surface area contributed by atoms with E-state index in [1.54, 1.807) is 90.4 Å². The third-order valence-electron chi connectivity index (χ3n) is 25.2. The van der Waals surface area contributed by atoms with E-state index < -0.39 is 130 Å². The predicted octanol–water partition coefficient (Wildman–Crippen LogP) is 23.8. The summed E-state index contributed by atoms with van der Waals surface area (Å²) in [4.78, 5) is 114. The summed E-state index contributed by atoms with van der Waals surface area (Å²) >= 11 is 0. The predicted molar refractivity (Wildman–Crippen MR) is 557 cm³/mol. The highest BCUT2D eigenvalue weighted by molar-refractivity contribution is 6.00. The number of methoxy groups -OCH3 is 4. The van der Waals surface area contributed by atoms with E-state index >= 15 is 0 Å². The minimum absolute atomic E-state index is 0.0370. The van der Waals surface area contributed by atoms with E-state index in [1.807, 2.05) is 249 Å². The molecular weight excluding hydrogens is 1710 g/mol. The van der Waals surface area contributed by atoms with E-state index in [9.17, 15) is 73.8 Å². The van der Waals surface area contributed by atoms with E-state index in [4.69, 9.17) is 42.6 Å². The van der Waals surface area contributed by atoms with Crippen LogP contribution in [0.5, 0.6) is 0 Å². The molecule has 3 saturated heterocycles. The molecule has 0 aliphatic carbocycles. The van der Waals surface area contributed by atoms with Gasteiger partial charge in [0.1, 0.15) is 52.9 Å². The number of aliphatic hydroxyl groups excluding tert-OH is 2. The van der Waals surface area contributed by atoms with Crippen molar-refractivity contribution in [2.24, 2.45) is 107 Å². The molecule has 0 amide bonds. The molecule has 0 bridgehead atoms.